The van der Waals surface area contributed by atoms with Gasteiger partial charge in [0.05, 0.1) is 12.1 Å². The number of hydrogen-bond donors (Lipinski definition) is 1. The molecule has 0 bridgehead atoms. The van der Waals surface area contributed by atoms with Crippen LogP contribution in [0, 0.1) is 13.8 Å². The third kappa shape index (κ3) is 5.01. The maximum absolute atomic E-state index is 12.3. The van der Waals surface area contributed by atoms with Crippen LogP contribution >= 0.6 is 11.6 Å². The number of nitrogens with one attached hydrogen (secondary N) is 1. The number of benzene rings is 1. The van der Waals surface area contributed by atoms with Crippen molar-refractivity contribution in [3.05, 3.63) is 52.3 Å². The zero-order valence-electron chi connectivity index (χ0n) is 17.0. The molecule has 3 rings (SSSR count). The van der Waals surface area contributed by atoms with Crippen LogP contribution in [0.3, 0.4) is 0 Å². The van der Waals surface area contributed by atoms with Gasteiger partial charge in [-0.15, -0.1) is 0 Å². The average molecular weight is 417 g/mol. The number of ether oxygens (including phenoxy) is 2. The minimum Gasteiger partial charge on any atom is -0.495 e. The second-order valence-electron chi connectivity index (χ2n) is 7.18. The minimum absolute atomic E-state index is 0.377. The molecule has 1 N–H and O–H groups in total. The van der Waals surface area contributed by atoms with Crippen LogP contribution in [0.4, 0.5) is 5.69 Å². The lowest BCUT2D eigenvalue weighted by Gasteiger charge is -2.13. The van der Waals surface area contributed by atoms with Crippen molar-refractivity contribution in [1.82, 2.24) is 4.57 Å². The average Bonchev–Trinajstić information content (AvgIpc) is 3.45. The van der Waals surface area contributed by atoms with E-state index in [1.165, 1.54) is 38.6 Å². The first-order chi connectivity index (χ1) is 13.8. The van der Waals surface area contributed by atoms with E-state index in [0.717, 1.165) is 11.3 Å². The number of nitrogens with zero attached hydrogens (tertiary/aromatic N) is 1. The number of esters is 1. The number of rotatable bonds is 7. The van der Waals surface area contributed by atoms with E-state index in [1.807, 2.05) is 6.92 Å². The molecule has 0 spiro atoms. The van der Waals surface area contributed by atoms with Gasteiger partial charge in [0.15, 0.2) is 6.10 Å². The number of aromatic nitrogens is 1. The number of amides is 1. The number of carbonyl (C=O) groups excluding carboxylic acids is 2. The van der Waals surface area contributed by atoms with Gasteiger partial charge in [-0.3, -0.25) is 4.79 Å². The molecule has 2 aromatic rings. The molecule has 6 nitrogen and oxygen atoms in total. The summed E-state index contributed by atoms with van der Waals surface area (Å²) in [5.41, 5.74) is 3.79. The predicted octanol–water partition coefficient (Wildman–Crippen LogP) is 4.69. The molecule has 1 fully saturated rings. The molecule has 7 heteroatoms. The maximum atomic E-state index is 12.3. The minimum atomic E-state index is -0.952. The van der Waals surface area contributed by atoms with Crippen molar-refractivity contribution in [1.29, 1.82) is 0 Å². The Morgan fingerprint density at radius 3 is 2.62 bits per heavy atom. The number of aryl methyl sites for hydroxylation is 1. The normalized spacial score (nSPS) is 14.7. The summed E-state index contributed by atoms with van der Waals surface area (Å²) in [6, 6.07) is 7.52. The first-order valence-corrected chi connectivity index (χ1v) is 9.89. The fraction of sp³-hybridized carbons (Fsp3) is 0.364. The van der Waals surface area contributed by atoms with Gasteiger partial charge in [0.1, 0.15) is 5.75 Å². The van der Waals surface area contributed by atoms with Gasteiger partial charge < -0.3 is 19.4 Å². The van der Waals surface area contributed by atoms with Crippen molar-refractivity contribution in [3.8, 4) is 5.75 Å². The zero-order chi connectivity index (χ0) is 21.1. The Hall–Kier alpha value is -2.73. The summed E-state index contributed by atoms with van der Waals surface area (Å²) in [4.78, 5) is 24.4. The monoisotopic (exact) mass is 416 g/mol. The van der Waals surface area contributed by atoms with Crippen LogP contribution in [0.5, 0.6) is 5.75 Å². The van der Waals surface area contributed by atoms with Gasteiger partial charge in [-0.2, -0.15) is 0 Å². The zero-order valence-corrected chi connectivity index (χ0v) is 17.7. The standard InChI is InChI=1S/C22H25ClN2O4/c1-13-11-16(14(2)25(13)18-7-8-18)5-10-21(26)29-15(3)22(27)24-17-6-9-20(28-4)19(23)12-17/h5-6,9-12,15,18H,7-8H2,1-4H3,(H,24,27)/b10-5+/t15-/m0/s1. The van der Waals surface area contributed by atoms with Crippen LogP contribution in [0.25, 0.3) is 6.08 Å². The van der Waals surface area contributed by atoms with E-state index in [1.54, 1.807) is 24.3 Å². The SMILES string of the molecule is COc1ccc(NC(=O)[C@H](C)OC(=O)/C=C/c2cc(C)n(C3CC3)c2C)cc1Cl. The summed E-state index contributed by atoms with van der Waals surface area (Å²) in [6.07, 6.45) is 4.54. The van der Waals surface area contributed by atoms with Gasteiger partial charge in [0, 0.05) is 29.2 Å². The number of carbonyl (C=O) groups is 2. The third-order valence-corrected chi connectivity index (χ3v) is 5.21. The molecule has 0 radical (unpaired) electrons. The van der Waals surface area contributed by atoms with Crippen molar-refractivity contribution < 1.29 is 19.1 Å². The predicted molar refractivity (Wildman–Crippen MR) is 113 cm³/mol. The van der Waals surface area contributed by atoms with E-state index in [2.05, 4.69) is 22.9 Å². The molecule has 1 aromatic carbocycles. The fourth-order valence-corrected chi connectivity index (χ4v) is 3.54. The van der Waals surface area contributed by atoms with Gasteiger partial charge in [-0.05, 0) is 69.5 Å². The number of halogens is 1. The van der Waals surface area contributed by atoms with Crippen LogP contribution < -0.4 is 10.1 Å². The van der Waals surface area contributed by atoms with E-state index >= 15 is 0 Å². The Balaban J connectivity index is 1.57. The Morgan fingerprint density at radius 2 is 2.00 bits per heavy atom. The molecule has 1 atom stereocenters. The second kappa shape index (κ2) is 8.74. The molecule has 1 aromatic heterocycles. The highest BCUT2D eigenvalue weighted by atomic mass is 35.5. The molecule has 0 saturated heterocycles. The van der Waals surface area contributed by atoms with Crippen molar-refractivity contribution in [3.63, 3.8) is 0 Å². The smallest absolute Gasteiger partial charge is 0.331 e. The van der Waals surface area contributed by atoms with E-state index in [9.17, 15) is 9.59 Å². The molecule has 1 aliphatic rings. The molecule has 1 aliphatic carbocycles. The topological polar surface area (TPSA) is 69.6 Å². The van der Waals surface area contributed by atoms with Gasteiger partial charge >= 0.3 is 5.97 Å². The van der Waals surface area contributed by atoms with Crippen molar-refractivity contribution in [2.75, 3.05) is 12.4 Å². The summed E-state index contributed by atoms with van der Waals surface area (Å²) in [6.45, 7) is 5.64. The second-order valence-corrected chi connectivity index (χ2v) is 7.59. The molecular formula is C22H25ClN2O4. The van der Waals surface area contributed by atoms with Gasteiger partial charge in [-0.25, -0.2) is 4.79 Å². The molecule has 29 heavy (non-hydrogen) atoms. The lowest BCUT2D eigenvalue weighted by atomic mass is 10.2. The van der Waals surface area contributed by atoms with Crippen LogP contribution in [0.1, 0.15) is 42.8 Å². The lowest BCUT2D eigenvalue weighted by molar-refractivity contribution is -0.148. The van der Waals surface area contributed by atoms with Gasteiger partial charge in [0.2, 0.25) is 0 Å². The number of hydrogen-bond acceptors (Lipinski definition) is 4. The van der Waals surface area contributed by atoms with Crippen LogP contribution in [0.15, 0.2) is 30.3 Å². The summed E-state index contributed by atoms with van der Waals surface area (Å²) in [7, 11) is 1.51. The van der Waals surface area contributed by atoms with E-state index in [4.69, 9.17) is 21.1 Å². The van der Waals surface area contributed by atoms with Gasteiger partial charge in [-0.1, -0.05) is 11.6 Å². The Morgan fingerprint density at radius 1 is 1.28 bits per heavy atom. The quantitative estimate of drug-likeness (QED) is 0.525. The fourth-order valence-electron chi connectivity index (χ4n) is 3.28. The Bertz CT molecular complexity index is 960. The summed E-state index contributed by atoms with van der Waals surface area (Å²) < 4.78 is 12.6. The molecule has 1 heterocycles. The highest BCUT2D eigenvalue weighted by molar-refractivity contribution is 6.32. The van der Waals surface area contributed by atoms with Crippen molar-refractivity contribution in [2.24, 2.45) is 0 Å². The molecule has 1 amide bonds. The third-order valence-electron chi connectivity index (χ3n) is 4.92. The maximum Gasteiger partial charge on any atom is 0.331 e. The molecule has 0 unspecified atom stereocenters. The Labute approximate surface area is 175 Å². The van der Waals surface area contributed by atoms with Gasteiger partial charge in [0.25, 0.3) is 5.91 Å². The molecular weight excluding hydrogens is 392 g/mol. The highest BCUT2D eigenvalue weighted by Gasteiger charge is 2.26. The highest BCUT2D eigenvalue weighted by Crippen LogP contribution is 2.38. The molecule has 1 saturated carbocycles. The van der Waals surface area contributed by atoms with E-state index in [-0.39, 0.29) is 0 Å². The summed E-state index contributed by atoms with van der Waals surface area (Å²) in [5.74, 6) is -0.508. The van der Waals surface area contributed by atoms with E-state index in [0.29, 0.717) is 22.5 Å². The Kier molecular flexibility index (Phi) is 6.33. The van der Waals surface area contributed by atoms with Crippen LogP contribution in [-0.4, -0.2) is 29.7 Å². The first-order valence-electron chi connectivity index (χ1n) is 9.51. The number of methoxy groups -OCH3 is 1. The summed E-state index contributed by atoms with van der Waals surface area (Å²) in [5, 5.41) is 3.05. The largest absolute Gasteiger partial charge is 0.495 e. The first kappa shape index (κ1) is 21.0. The number of anilines is 1. The lowest BCUT2D eigenvalue weighted by Crippen LogP contribution is -2.29. The molecule has 154 valence electrons. The van der Waals surface area contributed by atoms with Crippen LogP contribution in [-0.2, 0) is 14.3 Å². The molecule has 0 aliphatic heterocycles. The van der Waals surface area contributed by atoms with Crippen molar-refractivity contribution in [2.45, 2.75) is 45.8 Å². The van der Waals surface area contributed by atoms with Crippen molar-refractivity contribution >= 4 is 35.2 Å². The summed E-state index contributed by atoms with van der Waals surface area (Å²) >= 11 is 6.05. The van der Waals surface area contributed by atoms with Crippen LogP contribution in [0.2, 0.25) is 5.02 Å². The van der Waals surface area contributed by atoms with E-state index < -0.39 is 18.0 Å².